The number of hydrogen-bond acceptors (Lipinski definition) is 6. The Morgan fingerprint density at radius 1 is 0.895 bits per heavy atom. The molecule has 0 spiro atoms. The number of likely N-dealkylation sites (tertiary alicyclic amines) is 2. The van der Waals surface area contributed by atoms with Crippen molar-refractivity contribution in [2.24, 2.45) is 22.2 Å². The molecule has 3 fully saturated rings. The summed E-state index contributed by atoms with van der Waals surface area (Å²) < 4.78 is 0. The predicted octanol–water partition coefficient (Wildman–Crippen LogP) is 4.72. The van der Waals surface area contributed by atoms with Crippen molar-refractivity contribution in [3.8, 4) is 12.4 Å². The molecule has 38 heavy (non-hydrogen) atoms. The Balaban J connectivity index is 0.000000279. The second-order valence-corrected chi connectivity index (χ2v) is 15.4. The van der Waals surface area contributed by atoms with Gasteiger partial charge in [0.2, 0.25) is 11.8 Å². The summed E-state index contributed by atoms with van der Waals surface area (Å²) in [7, 11) is 1.88. The molecule has 2 aliphatic heterocycles. The lowest BCUT2D eigenvalue weighted by Gasteiger charge is -2.54. The number of nitrogens with one attached hydrogen (secondary N) is 1. The zero-order valence-electron chi connectivity index (χ0n) is 26.5. The highest BCUT2D eigenvalue weighted by atomic mass is 16.2. The highest BCUT2D eigenvalue weighted by Crippen LogP contribution is 2.61. The van der Waals surface area contributed by atoms with E-state index in [-0.39, 0.29) is 33.7 Å². The van der Waals surface area contributed by atoms with Gasteiger partial charge in [0, 0.05) is 35.8 Å². The Hall–Kier alpha value is -2.48. The molecular weight excluding hydrogens is 476 g/mol. The van der Waals surface area contributed by atoms with Crippen LogP contribution in [0.3, 0.4) is 0 Å². The summed E-state index contributed by atoms with van der Waals surface area (Å²) in [5, 5.41) is 21.8. The molecule has 0 aromatic rings. The normalized spacial score (nSPS) is 30.6. The van der Waals surface area contributed by atoms with Crippen LogP contribution in [0.4, 0.5) is 0 Å². The molecule has 0 radical (unpaired) electrons. The molecule has 214 valence electrons. The largest absolute Gasteiger partial charge is 0.348 e. The van der Waals surface area contributed by atoms with E-state index >= 15 is 0 Å². The van der Waals surface area contributed by atoms with Gasteiger partial charge in [-0.2, -0.15) is 10.5 Å². The van der Waals surface area contributed by atoms with Crippen LogP contribution >= 0.6 is 0 Å². The average molecular weight is 529 g/mol. The smallest absolute Gasteiger partial charge is 0.228 e. The second kappa shape index (κ2) is 9.32. The topological polar surface area (TPSA) is 103 Å². The molecule has 2 saturated heterocycles. The zero-order valence-corrected chi connectivity index (χ0v) is 26.5. The third-order valence-electron chi connectivity index (χ3n) is 10.6. The van der Waals surface area contributed by atoms with Gasteiger partial charge >= 0.3 is 0 Å². The van der Waals surface area contributed by atoms with Gasteiger partial charge in [-0.3, -0.25) is 14.5 Å². The molecular formula is C30H52N6O2. The van der Waals surface area contributed by atoms with Crippen molar-refractivity contribution in [3.05, 3.63) is 0 Å². The van der Waals surface area contributed by atoms with Crippen molar-refractivity contribution in [2.45, 2.75) is 125 Å². The third-order valence-corrected chi connectivity index (χ3v) is 10.6. The standard InChI is InChI=1S/C18H33N3O.C12H19N3O/c1-14(2,3)13(22)20(11)18(10)15(4,5)16(6,7)21(12-19)17(18,8)9;1-11(2,3)10(16)14-12-5-4-9(12)6-15(7-12)8-13/h1-11H3;9H,4-7H2,1-3H3,(H,14,16). The van der Waals surface area contributed by atoms with E-state index in [1.807, 2.05) is 58.4 Å². The van der Waals surface area contributed by atoms with Gasteiger partial charge in [-0.25, -0.2) is 0 Å². The number of carbonyl (C=O) groups is 2. The quantitative estimate of drug-likeness (QED) is 0.520. The summed E-state index contributed by atoms with van der Waals surface area (Å²) in [5.74, 6) is 0.669. The lowest BCUT2D eigenvalue weighted by molar-refractivity contribution is -0.151. The fourth-order valence-corrected chi connectivity index (χ4v) is 6.88. The van der Waals surface area contributed by atoms with Gasteiger partial charge in [-0.1, -0.05) is 55.4 Å². The second-order valence-electron chi connectivity index (χ2n) is 15.4. The van der Waals surface area contributed by atoms with Crippen molar-refractivity contribution in [1.82, 2.24) is 20.0 Å². The molecule has 2 amide bonds. The molecule has 1 N–H and O–H groups in total. The molecule has 2 heterocycles. The molecule has 1 aliphatic carbocycles. The molecule has 0 aromatic carbocycles. The van der Waals surface area contributed by atoms with Crippen LogP contribution in [0.5, 0.6) is 0 Å². The molecule has 3 unspecified atom stereocenters. The van der Waals surface area contributed by atoms with Crippen LogP contribution in [-0.2, 0) is 9.59 Å². The van der Waals surface area contributed by atoms with Crippen molar-refractivity contribution in [1.29, 1.82) is 10.5 Å². The first-order valence-electron chi connectivity index (χ1n) is 13.8. The SMILES string of the molecule is CC(C)(C)C(=O)NC12CCC1CN(C#N)C2.CN(C(=O)C(C)(C)C)C1(C)C(C)(C)N(C#N)C(C)(C)C1(C)C. The number of nitriles is 2. The first-order chi connectivity index (χ1) is 16.9. The van der Waals surface area contributed by atoms with Crippen LogP contribution in [-0.4, -0.2) is 68.8 Å². The van der Waals surface area contributed by atoms with Gasteiger partial charge in [0.25, 0.3) is 0 Å². The first-order valence-corrected chi connectivity index (χ1v) is 13.8. The number of fused-ring (bicyclic) bond motifs is 1. The first kappa shape index (κ1) is 31.7. The highest BCUT2D eigenvalue weighted by Gasteiger charge is 2.72. The summed E-state index contributed by atoms with van der Waals surface area (Å²) in [6, 6.07) is 0. The summed E-state index contributed by atoms with van der Waals surface area (Å²) >= 11 is 0. The van der Waals surface area contributed by atoms with Crippen LogP contribution in [0, 0.1) is 45.1 Å². The lowest BCUT2D eigenvalue weighted by Crippen LogP contribution is -2.66. The molecule has 1 saturated carbocycles. The Kier molecular flexibility index (Phi) is 7.78. The number of likely N-dealkylation sites (N-methyl/N-ethyl adjacent to an activating group) is 1. The summed E-state index contributed by atoms with van der Waals surface area (Å²) in [4.78, 5) is 30.5. The van der Waals surface area contributed by atoms with Gasteiger partial charge in [0.1, 0.15) is 0 Å². The van der Waals surface area contributed by atoms with E-state index in [4.69, 9.17) is 5.26 Å². The molecule has 8 nitrogen and oxygen atoms in total. The number of nitrogens with zero attached hydrogens (tertiary/aromatic N) is 5. The van der Waals surface area contributed by atoms with Gasteiger partial charge in [0.05, 0.1) is 28.7 Å². The molecule has 3 atom stereocenters. The Bertz CT molecular complexity index is 1030. The van der Waals surface area contributed by atoms with Gasteiger partial charge in [0.15, 0.2) is 12.4 Å². The maximum absolute atomic E-state index is 13.0. The summed E-state index contributed by atoms with van der Waals surface area (Å²) in [5.41, 5.74) is -2.49. The van der Waals surface area contributed by atoms with E-state index in [0.29, 0.717) is 12.5 Å². The lowest BCUT2D eigenvalue weighted by atomic mass is 9.60. The summed E-state index contributed by atoms with van der Waals surface area (Å²) in [6.45, 7) is 27.9. The summed E-state index contributed by atoms with van der Waals surface area (Å²) in [6.07, 6.45) is 6.71. The molecule has 3 aliphatic rings. The van der Waals surface area contributed by atoms with Crippen LogP contribution in [0.15, 0.2) is 0 Å². The highest BCUT2D eigenvalue weighted by molar-refractivity contribution is 5.83. The Morgan fingerprint density at radius 2 is 1.42 bits per heavy atom. The molecule has 0 bridgehead atoms. The number of rotatable bonds is 2. The van der Waals surface area contributed by atoms with Gasteiger partial charge in [-0.15, -0.1) is 0 Å². The van der Waals surface area contributed by atoms with Crippen LogP contribution in [0.2, 0.25) is 0 Å². The van der Waals surface area contributed by atoms with Crippen LogP contribution in [0.25, 0.3) is 0 Å². The van der Waals surface area contributed by atoms with Gasteiger partial charge in [-0.05, 0) is 47.5 Å². The van der Waals surface area contributed by atoms with Crippen molar-refractivity contribution < 1.29 is 9.59 Å². The fourth-order valence-electron chi connectivity index (χ4n) is 6.88. The number of hydrogen-bond donors (Lipinski definition) is 1. The van der Waals surface area contributed by atoms with Gasteiger partial charge < -0.3 is 15.1 Å². The number of amides is 2. The minimum atomic E-state index is -0.483. The maximum Gasteiger partial charge on any atom is 0.228 e. The van der Waals surface area contributed by atoms with E-state index in [0.717, 1.165) is 19.4 Å². The van der Waals surface area contributed by atoms with Crippen LogP contribution < -0.4 is 5.32 Å². The minimum Gasteiger partial charge on any atom is -0.348 e. The predicted molar refractivity (Wildman–Crippen MR) is 150 cm³/mol. The zero-order chi connectivity index (χ0) is 29.9. The van der Waals surface area contributed by atoms with Crippen LogP contribution in [0.1, 0.15) is 103 Å². The Morgan fingerprint density at radius 3 is 1.76 bits per heavy atom. The van der Waals surface area contributed by atoms with E-state index in [1.165, 1.54) is 0 Å². The molecule has 3 rings (SSSR count). The third kappa shape index (κ3) is 4.52. The Labute approximate surface area is 231 Å². The van der Waals surface area contributed by atoms with E-state index in [1.54, 1.807) is 4.90 Å². The fraction of sp³-hybridized carbons (Fsp3) is 0.867. The van der Waals surface area contributed by atoms with E-state index in [2.05, 4.69) is 66.2 Å². The van der Waals surface area contributed by atoms with Crippen molar-refractivity contribution in [2.75, 3.05) is 20.1 Å². The monoisotopic (exact) mass is 528 g/mol. The van der Waals surface area contributed by atoms with Crippen molar-refractivity contribution in [3.63, 3.8) is 0 Å². The van der Waals surface area contributed by atoms with Crippen molar-refractivity contribution >= 4 is 11.8 Å². The average Bonchev–Trinajstić information content (AvgIpc) is 3.04. The number of carbonyl (C=O) groups excluding carboxylic acids is 2. The van der Waals surface area contributed by atoms with E-state index in [9.17, 15) is 14.9 Å². The van der Waals surface area contributed by atoms with E-state index < -0.39 is 16.5 Å². The minimum absolute atomic E-state index is 0.0944. The molecule has 0 aromatic heterocycles. The molecule has 8 heteroatoms. The maximum atomic E-state index is 13.0.